The maximum absolute atomic E-state index is 13.0. The molecular weight excluding hydrogens is 372 g/mol. The lowest BCUT2D eigenvalue weighted by Crippen LogP contribution is -2.39. The van der Waals surface area contributed by atoms with Gasteiger partial charge in [-0.05, 0) is 56.4 Å². The van der Waals surface area contributed by atoms with Crippen molar-refractivity contribution in [2.24, 2.45) is 11.8 Å². The van der Waals surface area contributed by atoms with Crippen LogP contribution in [-0.4, -0.2) is 18.4 Å². The fourth-order valence-corrected chi connectivity index (χ4v) is 4.07. The number of carbonyl (C=O) groups is 2. The van der Waals surface area contributed by atoms with E-state index in [0.717, 1.165) is 36.9 Å². The number of anilines is 1. The maximum atomic E-state index is 13.0. The second kappa shape index (κ2) is 9.74. The van der Waals surface area contributed by atoms with E-state index < -0.39 is 0 Å². The summed E-state index contributed by atoms with van der Waals surface area (Å²) in [5.74, 6) is 0.191. The number of rotatable bonds is 6. The maximum Gasteiger partial charge on any atom is 0.230 e. The molecule has 1 saturated carbocycles. The number of halogens is 1. The molecule has 0 heterocycles. The molecule has 0 aromatic heterocycles. The summed E-state index contributed by atoms with van der Waals surface area (Å²) in [5, 5.41) is 3.66. The van der Waals surface area contributed by atoms with Gasteiger partial charge in [-0.25, -0.2) is 0 Å². The van der Waals surface area contributed by atoms with Crippen LogP contribution in [0.1, 0.15) is 38.2 Å². The molecule has 1 N–H and O–H groups in total. The van der Waals surface area contributed by atoms with Gasteiger partial charge in [0, 0.05) is 35.6 Å². The van der Waals surface area contributed by atoms with Gasteiger partial charge in [0.05, 0.1) is 0 Å². The Labute approximate surface area is 171 Å². The van der Waals surface area contributed by atoms with Gasteiger partial charge >= 0.3 is 0 Å². The van der Waals surface area contributed by atoms with Crippen LogP contribution in [0.25, 0.3) is 0 Å². The Morgan fingerprint density at radius 3 is 2.21 bits per heavy atom. The van der Waals surface area contributed by atoms with Crippen molar-refractivity contribution in [2.75, 3.05) is 11.4 Å². The largest absolute Gasteiger partial charge is 0.352 e. The van der Waals surface area contributed by atoms with Crippen LogP contribution in [-0.2, 0) is 16.1 Å². The molecule has 1 aliphatic carbocycles. The Balaban J connectivity index is 1.51. The van der Waals surface area contributed by atoms with Crippen molar-refractivity contribution in [1.29, 1.82) is 0 Å². The van der Waals surface area contributed by atoms with Gasteiger partial charge < -0.3 is 10.2 Å². The summed E-state index contributed by atoms with van der Waals surface area (Å²) in [7, 11) is 0. The molecule has 5 heteroatoms. The molecule has 2 aromatic rings. The third-order valence-corrected chi connectivity index (χ3v) is 5.88. The average Bonchev–Trinajstić information content (AvgIpc) is 2.74. The molecule has 0 unspecified atom stereocenters. The lowest BCUT2D eigenvalue weighted by Gasteiger charge is -2.31. The van der Waals surface area contributed by atoms with Gasteiger partial charge in [-0.2, -0.15) is 0 Å². The van der Waals surface area contributed by atoms with Crippen LogP contribution >= 0.6 is 11.6 Å². The van der Waals surface area contributed by atoms with Crippen molar-refractivity contribution < 1.29 is 9.59 Å². The number of hydrogen-bond acceptors (Lipinski definition) is 2. The van der Waals surface area contributed by atoms with Gasteiger partial charge in [0.15, 0.2) is 0 Å². The van der Waals surface area contributed by atoms with E-state index in [0.29, 0.717) is 18.1 Å². The first kappa shape index (κ1) is 20.4. The summed E-state index contributed by atoms with van der Waals surface area (Å²) in [6.07, 6.45) is 3.01. The predicted octanol–water partition coefficient (Wildman–Crippen LogP) is 4.82. The van der Waals surface area contributed by atoms with Gasteiger partial charge in [0.25, 0.3) is 0 Å². The van der Waals surface area contributed by atoms with Crippen LogP contribution in [0.5, 0.6) is 0 Å². The molecule has 1 aliphatic rings. The summed E-state index contributed by atoms with van der Waals surface area (Å²) in [6.45, 7) is 3.09. The third kappa shape index (κ3) is 4.93. The summed E-state index contributed by atoms with van der Waals surface area (Å²) in [6, 6.07) is 17.3. The summed E-state index contributed by atoms with van der Waals surface area (Å²) < 4.78 is 0. The van der Waals surface area contributed by atoms with E-state index in [1.165, 1.54) is 0 Å². The Bertz CT molecular complexity index is 801. The summed E-state index contributed by atoms with van der Waals surface area (Å²) in [4.78, 5) is 27.3. The molecule has 0 aliphatic heterocycles. The molecule has 28 heavy (non-hydrogen) atoms. The molecule has 4 nitrogen and oxygen atoms in total. The molecule has 0 spiro atoms. The molecule has 1 fully saturated rings. The van der Waals surface area contributed by atoms with Crippen LogP contribution in [0.3, 0.4) is 0 Å². The van der Waals surface area contributed by atoms with Crippen molar-refractivity contribution in [3.63, 3.8) is 0 Å². The van der Waals surface area contributed by atoms with Crippen molar-refractivity contribution in [1.82, 2.24) is 5.32 Å². The lowest BCUT2D eigenvalue weighted by atomic mass is 9.80. The second-order valence-corrected chi connectivity index (χ2v) is 7.68. The first-order valence-electron chi connectivity index (χ1n) is 9.97. The molecule has 3 rings (SSSR count). The number of hydrogen-bond donors (Lipinski definition) is 1. The minimum absolute atomic E-state index is 0.00669. The van der Waals surface area contributed by atoms with E-state index in [-0.39, 0.29) is 23.7 Å². The van der Waals surface area contributed by atoms with E-state index in [9.17, 15) is 9.59 Å². The van der Waals surface area contributed by atoms with Gasteiger partial charge in [0.1, 0.15) is 0 Å². The average molecular weight is 399 g/mol. The Hall–Kier alpha value is -2.33. The molecule has 0 atom stereocenters. The van der Waals surface area contributed by atoms with Gasteiger partial charge in [-0.15, -0.1) is 0 Å². The molecule has 2 amide bonds. The van der Waals surface area contributed by atoms with E-state index in [1.807, 2.05) is 66.4 Å². The van der Waals surface area contributed by atoms with Crippen LogP contribution in [0.4, 0.5) is 5.69 Å². The highest BCUT2D eigenvalue weighted by molar-refractivity contribution is 6.31. The standard InChI is InChI=1S/C23H27ClN2O2/c1-2-26(20-9-4-3-5-10-20)23(28)18-14-12-17(13-15-18)22(27)25-16-19-8-6-7-11-21(19)24/h3-11,17-18H,2,12-16H2,1H3,(H,25,27). The third-order valence-electron chi connectivity index (χ3n) is 5.51. The zero-order valence-electron chi connectivity index (χ0n) is 16.2. The topological polar surface area (TPSA) is 49.4 Å². The van der Waals surface area contributed by atoms with E-state index in [2.05, 4.69) is 5.32 Å². The fourth-order valence-electron chi connectivity index (χ4n) is 3.86. The normalized spacial score (nSPS) is 19.1. The van der Waals surface area contributed by atoms with E-state index in [1.54, 1.807) is 0 Å². The minimum Gasteiger partial charge on any atom is -0.352 e. The van der Waals surface area contributed by atoms with Crippen LogP contribution in [0.2, 0.25) is 5.02 Å². The SMILES string of the molecule is CCN(C(=O)C1CCC(C(=O)NCc2ccccc2Cl)CC1)c1ccccc1. The molecule has 0 radical (unpaired) electrons. The highest BCUT2D eigenvalue weighted by atomic mass is 35.5. The number of nitrogens with one attached hydrogen (secondary N) is 1. The van der Waals surface area contributed by atoms with Gasteiger partial charge in [-0.1, -0.05) is 48.0 Å². The van der Waals surface area contributed by atoms with E-state index in [4.69, 9.17) is 11.6 Å². The first-order chi connectivity index (χ1) is 13.6. The quantitative estimate of drug-likeness (QED) is 0.758. The molecule has 148 valence electrons. The zero-order valence-corrected chi connectivity index (χ0v) is 17.0. The van der Waals surface area contributed by atoms with Crippen LogP contribution in [0, 0.1) is 11.8 Å². The van der Waals surface area contributed by atoms with E-state index >= 15 is 0 Å². The van der Waals surface area contributed by atoms with Crippen molar-refractivity contribution in [3.8, 4) is 0 Å². The molecule has 0 bridgehead atoms. The Morgan fingerprint density at radius 2 is 1.57 bits per heavy atom. The highest BCUT2D eigenvalue weighted by Gasteiger charge is 2.32. The number of amides is 2. The second-order valence-electron chi connectivity index (χ2n) is 7.28. The van der Waals surface area contributed by atoms with Crippen molar-refractivity contribution in [3.05, 3.63) is 65.2 Å². The van der Waals surface area contributed by atoms with Gasteiger partial charge in [-0.3, -0.25) is 9.59 Å². The van der Waals surface area contributed by atoms with Crippen molar-refractivity contribution in [2.45, 2.75) is 39.2 Å². The predicted molar refractivity (Wildman–Crippen MR) is 113 cm³/mol. The molecule has 2 aromatic carbocycles. The number of nitrogens with zero attached hydrogens (tertiary/aromatic N) is 1. The zero-order chi connectivity index (χ0) is 19.9. The Morgan fingerprint density at radius 1 is 0.964 bits per heavy atom. The molecular formula is C23H27ClN2O2. The first-order valence-corrected chi connectivity index (χ1v) is 10.4. The Kier molecular flexibility index (Phi) is 7.10. The number of carbonyl (C=O) groups excluding carboxylic acids is 2. The van der Waals surface area contributed by atoms with Gasteiger partial charge in [0.2, 0.25) is 11.8 Å². The minimum atomic E-state index is -0.0293. The van der Waals surface area contributed by atoms with Crippen LogP contribution < -0.4 is 10.2 Å². The lowest BCUT2D eigenvalue weighted by molar-refractivity contribution is -0.129. The monoisotopic (exact) mass is 398 g/mol. The highest BCUT2D eigenvalue weighted by Crippen LogP contribution is 2.31. The smallest absolute Gasteiger partial charge is 0.230 e. The fraction of sp³-hybridized carbons (Fsp3) is 0.391. The summed E-state index contributed by atoms with van der Waals surface area (Å²) in [5.41, 5.74) is 1.86. The van der Waals surface area contributed by atoms with Crippen molar-refractivity contribution >= 4 is 29.1 Å². The number of para-hydroxylation sites is 1. The van der Waals surface area contributed by atoms with Crippen LogP contribution in [0.15, 0.2) is 54.6 Å². The summed E-state index contributed by atoms with van der Waals surface area (Å²) >= 11 is 6.15. The number of benzene rings is 2. The molecule has 0 saturated heterocycles.